The fraction of sp³-hybridized carbons (Fsp3) is 0.231. The smallest absolute Gasteiger partial charge is 0.0205 e. The predicted molar refractivity (Wildman–Crippen MR) is 115 cm³/mol. The number of hydrogen-bond donors (Lipinski definition) is 1. The maximum atomic E-state index is 3.59. The average molecular weight is 354 g/mol. The molecule has 0 radical (unpaired) electrons. The van der Waals surface area contributed by atoms with Crippen molar-refractivity contribution < 1.29 is 0 Å². The van der Waals surface area contributed by atoms with Gasteiger partial charge in [-0.3, -0.25) is 0 Å². The molecule has 1 heteroatoms. The first kappa shape index (κ1) is 17.8. The molecule has 0 aliphatic heterocycles. The molecule has 3 aromatic rings. The molecule has 0 heterocycles. The minimum atomic E-state index is 0.929. The van der Waals surface area contributed by atoms with Gasteiger partial charge in [0, 0.05) is 6.54 Å². The summed E-state index contributed by atoms with van der Waals surface area (Å²) >= 11 is 0. The molecule has 0 bridgehead atoms. The molecule has 1 nitrogen and oxygen atoms in total. The predicted octanol–water partition coefficient (Wildman–Crippen LogP) is 5.71. The Labute approximate surface area is 162 Å². The summed E-state index contributed by atoms with van der Waals surface area (Å²) in [6, 6.07) is 26.5. The van der Waals surface area contributed by atoms with Crippen LogP contribution < -0.4 is 5.32 Å². The van der Waals surface area contributed by atoms with Crippen molar-refractivity contribution in [1.82, 2.24) is 5.32 Å². The maximum Gasteiger partial charge on any atom is 0.0205 e. The lowest BCUT2D eigenvalue weighted by Gasteiger charge is -2.12. The van der Waals surface area contributed by atoms with Crippen LogP contribution >= 0.6 is 0 Å². The number of hydrogen-bond acceptors (Lipinski definition) is 1. The van der Waals surface area contributed by atoms with Crippen LogP contribution in [0.3, 0.4) is 0 Å². The van der Waals surface area contributed by atoms with Crippen molar-refractivity contribution in [3.05, 3.63) is 112 Å². The fourth-order valence-electron chi connectivity index (χ4n) is 4.01. The molecule has 0 saturated heterocycles. The first-order chi connectivity index (χ1) is 13.3. The second-order valence-electron chi connectivity index (χ2n) is 7.39. The third-order valence-electron chi connectivity index (χ3n) is 5.36. The lowest BCUT2D eigenvalue weighted by atomic mass is 9.93. The Hall–Kier alpha value is -2.64. The van der Waals surface area contributed by atoms with Crippen LogP contribution in [-0.2, 0) is 19.4 Å². The molecule has 3 aromatic carbocycles. The second kappa shape index (κ2) is 8.37. The van der Waals surface area contributed by atoms with Gasteiger partial charge in [0.25, 0.3) is 0 Å². The SMILES string of the molecule is Cc1cccc(CNCCC=C2c3ccccc3CCc3ccccc32)c1. The summed E-state index contributed by atoms with van der Waals surface area (Å²) in [7, 11) is 0. The third kappa shape index (κ3) is 4.20. The van der Waals surface area contributed by atoms with E-state index in [-0.39, 0.29) is 0 Å². The van der Waals surface area contributed by atoms with Gasteiger partial charge in [0.1, 0.15) is 0 Å². The number of nitrogens with one attached hydrogen (secondary N) is 1. The molecule has 1 aliphatic carbocycles. The summed E-state index contributed by atoms with van der Waals surface area (Å²) in [6.45, 7) is 4.06. The largest absolute Gasteiger partial charge is 0.312 e. The molecule has 1 aliphatic rings. The van der Waals surface area contributed by atoms with Gasteiger partial charge in [-0.15, -0.1) is 0 Å². The van der Waals surface area contributed by atoms with Gasteiger partial charge in [-0.05, 0) is 66.1 Å². The van der Waals surface area contributed by atoms with Gasteiger partial charge in [0.2, 0.25) is 0 Å². The van der Waals surface area contributed by atoms with Crippen molar-refractivity contribution in [2.75, 3.05) is 6.54 Å². The first-order valence-corrected chi connectivity index (χ1v) is 9.94. The quantitative estimate of drug-likeness (QED) is 0.580. The van der Waals surface area contributed by atoms with E-state index in [2.05, 4.69) is 91.1 Å². The number of aryl methyl sites for hydroxylation is 3. The van der Waals surface area contributed by atoms with E-state index >= 15 is 0 Å². The highest BCUT2D eigenvalue weighted by molar-refractivity contribution is 5.83. The van der Waals surface area contributed by atoms with Gasteiger partial charge < -0.3 is 5.32 Å². The zero-order valence-corrected chi connectivity index (χ0v) is 16.0. The molecule has 0 atom stereocenters. The minimum Gasteiger partial charge on any atom is -0.312 e. The Bertz CT molecular complexity index is 902. The van der Waals surface area contributed by atoms with Crippen molar-refractivity contribution in [1.29, 1.82) is 0 Å². The van der Waals surface area contributed by atoms with Gasteiger partial charge in [-0.25, -0.2) is 0 Å². The Balaban J connectivity index is 1.50. The van der Waals surface area contributed by atoms with Gasteiger partial charge in [0.15, 0.2) is 0 Å². The monoisotopic (exact) mass is 353 g/mol. The van der Waals surface area contributed by atoms with Gasteiger partial charge >= 0.3 is 0 Å². The molecule has 0 aromatic heterocycles. The minimum absolute atomic E-state index is 0.929. The van der Waals surface area contributed by atoms with Gasteiger partial charge in [-0.1, -0.05) is 84.4 Å². The summed E-state index contributed by atoms with van der Waals surface area (Å²) < 4.78 is 0. The molecule has 27 heavy (non-hydrogen) atoms. The van der Waals surface area contributed by atoms with E-state index in [0.29, 0.717) is 0 Å². The lowest BCUT2D eigenvalue weighted by Crippen LogP contribution is -2.14. The van der Waals surface area contributed by atoms with Crippen LogP contribution in [0.25, 0.3) is 5.57 Å². The molecule has 4 rings (SSSR count). The summed E-state index contributed by atoms with van der Waals surface area (Å²) in [5.74, 6) is 0. The van der Waals surface area contributed by atoms with Crippen molar-refractivity contribution in [2.24, 2.45) is 0 Å². The molecule has 0 fully saturated rings. The second-order valence-corrected chi connectivity index (χ2v) is 7.39. The summed E-state index contributed by atoms with van der Waals surface area (Å²) in [4.78, 5) is 0. The highest BCUT2D eigenvalue weighted by atomic mass is 14.8. The molecule has 0 unspecified atom stereocenters. The molecular formula is C26H27N. The molecule has 0 saturated carbocycles. The topological polar surface area (TPSA) is 12.0 Å². The van der Waals surface area contributed by atoms with E-state index in [1.807, 2.05) is 0 Å². The Morgan fingerprint density at radius 3 is 2.15 bits per heavy atom. The highest BCUT2D eigenvalue weighted by Gasteiger charge is 2.16. The van der Waals surface area contributed by atoms with Crippen LogP contribution in [0.1, 0.15) is 39.8 Å². The fourth-order valence-corrected chi connectivity index (χ4v) is 4.01. The molecule has 136 valence electrons. The Kier molecular flexibility index (Phi) is 5.50. The average Bonchev–Trinajstić information content (AvgIpc) is 2.85. The van der Waals surface area contributed by atoms with E-state index in [9.17, 15) is 0 Å². The molecule has 0 amide bonds. The highest BCUT2D eigenvalue weighted by Crippen LogP contribution is 2.33. The standard InChI is InChI=1S/C26H27N/c1-20-8-6-9-21(18-20)19-27-17-7-14-26-24-12-4-2-10-22(24)15-16-23-11-3-5-13-25(23)26/h2-6,8-14,18,27H,7,15-17,19H2,1H3. The maximum absolute atomic E-state index is 3.59. The first-order valence-electron chi connectivity index (χ1n) is 9.94. The van der Waals surface area contributed by atoms with Crippen molar-refractivity contribution in [3.63, 3.8) is 0 Å². The van der Waals surface area contributed by atoms with Crippen molar-refractivity contribution in [3.8, 4) is 0 Å². The van der Waals surface area contributed by atoms with E-state index in [1.54, 1.807) is 0 Å². The normalized spacial score (nSPS) is 12.9. The zero-order valence-electron chi connectivity index (χ0n) is 16.0. The zero-order chi connectivity index (χ0) is 18.5. The summed E-state index contributed by atoms with van der Waals surface area (Å²) in [6.07, 6.45) is 5.70. The van der Waals surface area contributed by atoms with Crippen molar-refractivity contribution >= 4 is 5.57 Å². The van der Waals surface area contributed by atoms with Crippen LogP contribution in [0.2, 0.25) is 0 Å². The summed E-state index contributed by atoms with van der Waals surface area (Å²) in [5, 5.41) is 3.59. The number of rotatable bonds is 5. The van der Waals surface area contributed by atoms with E-state index in [4.69, 9.17) is 0 Å². The van der Waals surface area contributed by atoms with Crippen molar-refractivity contribution in [2.45, 2.75) is 32.7 Å². The molecular weight excluding hydrogens is 326 g/mol. The molecule has 0 spiro atoms. The lowest BCUT2D eigenvalue weighted by molar-refractivity contribution is 0.695. The third-order valence-corrected chi connectivity index (χ3v) is 5.36. The van der Waals surface area contributed by atoms with Crippen LogP contribution in [0.4, 0.5) is 0 Å². The van der Waals surface area contributed by atoms with E-state index < -0.39 is 0 Å². The molecule has 1 N–H and O–H groups in total. The van der Waals surface area contributed by atoms with Crippen LogP contribution in [0.15, 0.2) is 78.9 Å². The Morgan fingerprint density at radius 1 is 0.815 bits per heavy atom. The summed E-state index contributed by atoms with van der Waals surface area (Å²) in [5.41, 5.74) is 9.81. The van der Waals surface area contributed by atoms with Crippen LogP contribution in [0.5, 0.6) is 0 Å². The van der Waals surface area contributed by atoms with E-state index in [0.717, 1.165) is 32.4 Å². The van der Waals surface area contributed by atoms with E-state index in [1.165, 1.54) is 39.0 Å². The Morgan fingerprint density at radius 2 is 1.48 bits per heavy atom. The van der Waals surface area contributed by atoms with Gasteiger partial charge in [0.05, 0.1) is 0 Å². The van der Waals surface area contributed by atoms with Crippen LogP contribution in [0, 0.1) is 6.92 Å². The number of fused-ring (bicyclic) bond motifs is 2. The number of benzene rings is 3. The van der Waals surface area contributed by atoms with Gasteiger partial charge in [-0.2, -0.15) is 0 Å². The van der Waals surface area contributed by atoms with Crippen LogP contribution in [-0.4, -0.2) is 6.54 Å².